The molecule has 4 nitrogen and oxygen atoms in total. The highest BCUT2D eigenvalue weighted by Gasteiger charge is 2.15. The Morgan fingerprint density at radius 1 is 1.00 bits per heavy atom. The van der Waals surface area contributed by atoms with Crippen molar-refractivity contribution in [3.8, 4) is 5.69 Å². The van der Waals surface area contributed by atoms with E-state index in [4.69, 9.17) is 0 Å². The smallest absolute Gasteiger partial charge is 0.295 e. The number of nitrogens with zero attached hydrogens (tertiary/aromatic N) is 2. The number of unbranched alkanes of at least 4 members (excludes halogenated alkanes) is 5. The van der Waals surface area contributed by atoms with Gasteiger partial charge >= 0.3 is 0 Å². The molecule has 2 rings (SSSR count). The second kappa shape index (κ2) is 8.61. The molecule has 1 aromatic heterocycles. The number of aromatic nitrogens is 2. The van der Waals surface area contributed by atoms with E-state index in [1.165, 1.54) is 32.1 Å². The first kappa shape index (κ1) is 17.4. The summed E-state index contributed by atoms with van der Waals surface area (Å²) >= 11 is 0. The molecule has 2 aromatic rings. The maximum atomic E-state index is 12.7. The van der Waals surface area contributed by atoms with Crippen LogP contribution >= 0.6 is 0 Å². The van der Waals surface area contributed by atoms with Crippen LogP contribution in [-0.4, -0.2) is 15.9 Å². The number of anilines is 1. The number of hydrogen-bond acceptors (Lipinski definition) is 2. The van der Waals surface area contributed by atoms with Crippen LogP contribution in [0, 0.1) is 6.92 Å². The second-order valence-electron chi connectivity index (χ2n) is 6.13. The highest BCUT2D eigenvalue weighted by molar-refractivity contribution is 5.49. The maximum Gasteiger partial charge on any atom is 0.295 e. The molecule has 0 saturated heterocycles. The first-order chi connectivity index (χ1) is 11.2. The summed E-state index contributed by atoms with van der Waals surface area (Å²) in [5, 5.41) is 3.35. The lowest BCUT2D eigenvalue weighted by molar-refractivity contribution is 0.617. The first-order valence-corrected chi connectivity index (χ1v) is 8.74. The molecule has 1 N–H and O–H groups in total. The Kier molecular flexibility index (Phi) is 6.51. The van der Waals surface area contributed by atoms with Crippen molar-refractivity contribution in [2.45, 2.75) is 52.4 Å². The summed E-state index contributed by atoms with van der Waals surface area (Å²) in [5.74, 6) is 0. The van der Waals surface area contributed by atoms with Crippen LogP contribution in [0.2, 0.25) is 0 Å². The van der Waals surface area contributed by atoms with Gasteiger partial charge in [0.1, 0.15) is 5.69 Å². The Morgan fingerprint density at radius 3 is 2.35 bits per heavy atom. The molecular weight excluding hydrogens is 286 g/mol. The van der Waals surface area contributed by atoms with Crippen LogP contribution in [0.4, 0.5) is 5.69 Å². The molecule has 0 aliphatic heterocycles. The lowest BCUT2D eigenvalue weighted by Crippen LogP contribution is -2.21. The molecule has 0 aliphatic rings. The van der Waals surface area contributed by atoms with Crippen LogP contribution in [0.15, 0.2) is 35.1 Å². The zero-order chi connectivity index (χ0) is 16.7. The van der Waals surface area contributed by atoms with Gasteiger partial charge in [-0.05, 0) is 25.5 Å². The molecule has 1 aromatic carbocycles. The monoisotopic (exact) mass is 315 g/mol. The molecule has 0 amide bonds. The first-order valence-electron chi connectivity index (χ1n) is 8.74. The molecular formula is C19H29N3O. The minimum atomic E-state index is 0.0298. The normalized spacial score (nSPS) is 10.9. The summed E-state index contributed by atoms with van der Waals surface area (Å²) in [6.07, 6.45) is 7.56. The minimum Gasteiger partial charge on any atom is -0.379 e. The van der Waals surface area contributed by atoms with Gasteiger partial charge in [-0.15, -0.1) is 0 Å². The van der Waals surface area contributed by atoms with E-state index in [0.29, 0.717) is 0 Å². The molecule has 4 heteroatoms. The third-order valence-corrected chi connectivity index (χ3v) is 4.39. The summed E-state index contributed by atoms with van der Waals surface area (Å²) in [7, 11) is 1.93. The Bertz CT molecular complexity index is 655. The van der Waals surface area contributed by atoms with E-state index in [2.05, 4.69) is 12.2 Å². The molecule has 1 heterocycles. The van der Waals surface area contributed by atoms with Crippen LogP contribution in [0.25, 0.3) is 5.69 Å². The molecule has 0 unspecified atom stereocenters. The van der Waals surface area contributed by atoms with Gasteiger partial charge in [-0.3, -0.25) is 9.48 Å². The van der Waals surface area contributed by atoms with Gasteiger partial charge in [-0.25, -0.2) is 4.68 Å². The van der Waals surface area contributed by atoms with E-state index in [1.807, 2.05) is 49.0 Å². The van der Waals surface area contributed by atoms with E-state index < -0.39 is 0 Å². The lowest BCUT2D eigenvalue weighted by atomic mass is 10.1. The third-order valence-electron chi connectivity index (χ3n) is 4.39. The van der Waals surface area contributed by atoms with Crippen molar-refractivity contribution in [3.05, 3.63) is 46.4 Å². The number of rotatable bonds is 9. The summed E-state index contributed by atoms with van der Waals surface area (Å²) in [6.45, 7) is 5.09. The summed E-state index contributed by atoms with van der Waals surface area (Å²) in [5.41, 5.74) is 2.63. The largest absolute Gasteiger partial charge is 0.379 e. The van der Waals surface area contributed by atoms with Gasteiger partial charge in [0.2, 0.25) is 0 Å². The van der Waals surface area contributed by atoms with Crippen molar-refractivity contribution in [1.29, 1.82) is 0 Å². The average Bonchev–Trinajstić information content (AvgIpc) is 2.78. The summed E-state index contributed by atoms with van der Waals surface area (Å²) in [4.78, 5) is 12.7. The average molecular weight is 315 g/mol. The van der Waals surface area contributed by atoms with Crippen LogP contribution in [0.5, 0.6) is 0 Å². The number of benzene rings is 1. The standard InChI is InChI=1S/C19H29N3O/c1-4-5-6-7-8-12-15-20-18-16(2)21(3)22(19(18)23)17-13-10-9-11-14-17/h9-11,13-14,20H,4-8,12,15H2,1-3H3. The zero-order valence-corrected chi connectivity index (χ0v) is 14.6. The molecule has 23 heavy (non-hydrogen) atoms. The Balaban J connectivity index is 2.00. The zero-order valence-electron chi connectivity index (χ0n) is 14.6. The Morgan fingerprint density at radius 2 is 1.65 bits per heavy atom. The molecule has 0 spiro atoms. The van der Waals surface area contributed by atoms with Gasteiger partial charge < -0.3 is 5.32 Å². The van der Waals surface area contributed by atoms with E-state index >= 15 is 0 Å². The molecule has 126 valence electrons. The van der Waals surface area contributed by atoms with Crippen molar-refractivity contribution in [3.63, 3.8) is 0 Å². The molecule has 0 fully saturated rings. The van der Waals surface area contributed by atoms with Crippen molar-refractivity contribution in [2.75, 3.05) is 11.9 Å². The fourth-order valence-electron chi connectivity index (χ4n) is 2.89. The number of nitrogens with one attached hydrogen (secondary N) is 1. The van der Waals surface area contributed by atoms with E-state index in [-0.39, 0.29) is 5.56 Å². The van der Waals surface area contributed by atoms with E-state index in [1.54, 1.807) is 4.68 Å². The van der Waals surface area contributed by atoms with Crippen molar-refractivity contribution < 1.29 is 0 Å². The second-order valence-corrected chi connectivity index (χ2v) is 6.13. The van der Waals surface area contributed by atoms with Gasteiger partial charge in [-0.1, -0.05) is 57.2 Å². The van der Waals surface area contributed by atoms with Gasteiger partial charge in [0.25, 0.3) is 5.56 Å². The summed E-state index contributed by atoms with van der Waals surface area (Å²) in [6, 6.07) is 9.78. The highest BCUT2D eigenvalue weighted by Crippen LogP contribution is 2.14. The predicted molar refractivity (Wildman–Crippen MR) is 97.6 cm³/mol. The van der Waals surface area contributed by atoms with Gasteiger partial charge in [-0.2, -0.15) is 0 Å². The van der Waals surface area contributed by atoms with Crippen LogP contribution < -0.4 is 10.9 Å². The van der Waals surface area contributed by atoms with Crippen LogP contribution in [0.1, 0.15) is 51.1 Å². The van der Waals surface area contributed by atoms with E-state index in [0.717, 1.165) is 30.0 Å². The van der Waals surface area contributed by atoms with Crippen LogP contribution in [-0.2, 0) is 7.05 Å². The molecule has 0 bridgehead atoms. The molecule has 0 atom stereocenters. The highest BCUT2D eigenvalue weighted by atomic mass is 16.1. The van der Waals surface area contributed by atoms with Crippen LogP contribution in [0.3, 0.4) is 0 Å². The van der Waals surface area contributed by atoms with Crippen molar-refractivity contribution >= 4 is 5.69 Å². The maximum absolute atomic E-state index is 12.7. The molecule has 0 aliphatic carbocycles. The van der Waals surface area contributed by atoms with Gasteiger partial charge in [0, 0.05) is 13.6 Å². The minimum absolute atomic E-state index is 0.0298. The lowest BCUT2D eigenvalue weighted by Gasteiger charge is -2.07. The fraction of sp³-hybridized carbons (Fsp3) is 0.526. The Hall–Kier alpha value is -1.97. The third kappa shape index (κ3) is 4.27. The van der Waals surface area contributed by atoms with E-state index in [9.17, 15) is 4.79 Å². The number of para-hydroxylation sites is 1. The fourth-order valence-corrected chi connectivity index (χ4v) is 2.89. The predicted octanol–water partition coefficient (Wildman–Crippen LogP) is 4.26. The Labute approximate surface area is 139 Å². The topological polar surface area (TPSA) is 39.0 Å². The molecule has 0 saturated carbocycles. The van der Waals surface area contributed by atoms with Crippen molar-refractivity contribution in [2.24, 2.45) is 7.05 Å². The number of hydrogen-bond donors (Lipinski definition) is 1. The molecule has 0 radical (unpaired) electrons. The van der Waals surface area contributed by atoms with Gasteiger partial charge in [0.15, 0.2) is 0 Å². The van der Waals surface area contributed by atoms with Gasteiger partial charge in [0.05, 0.1) is 11.4 Å². The summed E-state index contributed by atoms with van der Waals surface area (Å²) < 4.78 is 3.64. The SMILES string of the molecule is CCCCCCCCNc1c(C)n(C)n(-c2ccccc2)c1=O. The van der Waals surface area contributed by atoms with Crippen molar-refractivity contribution in [1.82, 2.24) is 9.36 Å². The quantitative estimate of drug-likeness (QED) is 0.702.